The van der Waals surface area contributed by atoms with E-state index in [0.29, 0.717) is 0 Å². The summed E-state index contributed by atoms with van der Waals surface area (Å²) in [6.45, 7) is 9.63. The van der Waals surface area contributed by atoms with Crippen LogP contribution in [0.3, 0.4) is 0 Å². The maximum atomic E-state index is 2.48. The fourth-order valence-electron chi connectivity index (χ4n) is 9.89. The first-order valence-electron chi connectivity index (χ1n) is 20.7. The zero-order chi connectivity index (χ0) is 39.2. The van der Waals surface area contributed by atoms with Gasteiger partial charge >= 0.3 is 0 Å². The molecule has 58 heavy (non-hydrogen) atoms. The van der Waals surface area contributed by atoms with Gasteiger partial charge in [-0.15, -0.1) is 0 Å². The molecule has 2 aromatic heterocycles. The Hall–Kier alpha value is -6.64. The first-order chi connectivity index (χ1) is 28.2. The van der Waals surface area contributed by atoms with Crippen molar-refractivity contribution in [1.82, 2.24) is 9.13 Å². The second-order valence-corrected chi connectivity index (χ2v) is 17.7. The predicted octanol–water partition coefficient (Wildman–Crippen LogP) is 15.2. The maximum absolute atomic E-state index is 2.48. The quantitative estimate of drug-likeness (QED) is 0.166. The molecule has 0 fully saturated rings. The van der Waals surface area contributed by atoms with Crippen LogP contribution in [-0.4, -0.2) is 9.13 Å². The largest absolute Gasteiger partial charge is 0.309 e. The van der Waals surface area contributed by atoms with E-state index in [1.165, 1.54) is 107 Å². The number of rotatable bonds is 5. The van der Waals surface area contributed by atoms with Crippen LogP contribution in [0.1, 0.15) is 51.7 Å². The van der Waals surface area contributed by atoms with Gasteiger partial charge in [0.25, 0.3) is 0 Å². The minimum absolute atomic E-state index is 0.166. The van der Waals surface area contributed by atoms with E-state index in [-0.39, 0.29) is 10.8 Å². The molecule has 0 saturated heterocycles. The molecule has 0 saturated carbocycles. The Morgan fingerprint density at radius 3 is 1.40 bits per heavy atom. The lowest BCUT2D eigenvalue weighted by Gasteiger charge is -2.42. The van der Waals surface area contributed by atoms with Gasteiger partial charge in [0.2, 0.25) is 0 Å². The highest BCUT2D eigenvalue weighted by molar-refractivity contribution is 6.12. The van der Waals surface area contributed by atoms with Crippen molar-refractivity contribution >= 4 is 43.6 Å². The molecule has 2 heteroatoms. The minimum Gasteiger partial charge on any atom is -0.309 e. The van der Waals surface area contributed by atoms with Crippen molar-refractivity contribution in [3.63, 3.8) is 0 Å². The highest BCUT2D eigenvalue weighted by atomic mass is 15.0. The van der Waals surface area contributed by atoms with Gasteiger partial charge in [0, 0.05) is 32.9 Å². The lowest BCUT2D eigenvalue weighted by molar-refractivity contribution is 0.332. The number of fused-ring (bicyclic) bond motifs is 7. The summed E-state index contributed by atoms with van der Waals surface area (Å²) in [7, 11) is 0. The van der Waals surface area contributed by atoms with Crippen molar-refractivity contribution in [2.45, 2.75) is 51.4 Å². The molecule has 0 spiro atoms. The zero-order valence-corrected chi connectivity index (χ0v) is 33.6. The molecule has 10 aromatic rings. The van der Waals surface area contributed by atoms with Gasteiger partial charge in [-0.05, 0) is 129 Å². The Morgan fingerprint density at radius 2 is 0.759 bits per heavy atom. The Kier molecular flexibility index (Phi) is 7.72. The lowest BCUT2D eigenvalue weighted by Crippen LogP contribution is -2.33. The highest BCUT2D eigenvalue weighted by Crippen LogP contribution is 2.47. The molecule has 1 aliphatic carbocycles. The molecular weight excluding hydrogens is 701 g/mol. The summed E-state index contributed by atoms with van der Waals surface area (Å²) in [6.07, 6.45) is 2.43. The summed E-state index contributed by atoms with van der Waals surface area (Å²) in [5.74, 6) is 0. The molecule has 0 aliphatic heterocycles. The van der Waals surface area contributed by atoms with Gasteiger partial charge in [0.05, 0.1) is 22.1 Å². The third-order valence-electron chi connectivity index (χ3n) is 13.2. The molecule has 2 heterocycles. The van der Waals surface area contributed by atoms with Gasteiger partial charge in [0.1, 0.15) is 0 Å². The Labute approximate surface area is 340 Å². The van der Waals surface area contributed by atoms with Gasteiger partial charge < -0.3 is 9.13 Å². The topological polar surface area (TPSA) is 9.86 Å². The van der Waals surface area contributed by atoms with Crippen molar-refractivity contribution in [2.24, 2.45) is 0 Å². The number of aromatic nitrogens is 2. The van der Waals surface area contributed by atoms with Crippen LogP contribution in [0.2, 0.25) is 0 Å². The fraction of sp³-hybridized carbons (Fsp3) is 0.143. The number of hydrogen-bond donors (Lipinski definition) is 0. The number of hydrogen-bond acceptors (Lipinski definition) is 0. The van der Waals surface area contributed by atoms with Crippen LogP contribution in [0.4, 0.5) is 0 Å². The molecule has 0 N–H and O–H groups in total. The van der Waals surface area contributed by atoms with Crippen molar-refractivity contribution < 1.29 is 0 Å². The van der Waals surface area contributed by atoms with E-state index in [1.54, 1.807) is 0 Å². The van der Waals surface area contributed by atoms with E-state index in [1.807, 2.05) is 0 Å². The molecule has 11 rings (SSSR count). The lowest BCUT2D eigenvalue weighted by atomic mass is 9.63. The van der Waals surface area contributed by atoms with Gasteiger partial charge in [-0.3, -0.25) is 0 Å². The summed E-state index contributed by atoms with van der Waals surface area (Å²) in [4.78, 5) is 0. The molecule has 280 valence electrons. The highest BCUT2D eigenvalue weighted by Gasteiger charge is 2.37. The zero-order valence-electron chi connectivity index (χ0n) is 33.6. The van der Waals surface area contributed by atoms with Gasteiger partial charge in [0.15, 0.2) is 0 Å². The summed E-state index contributed by atoms with van der Waals surface area (Å²) >= 11 is 0. The molecule has 2 nitrogen and oxygen atoms in total. The summed E-state index contributed by atoms with van der Waals surface area (Å²) in [6, 6.07) is 67.6. The van der Waals surface area contributed by atoms with Crippen LogP contribution in [0.5, 0.6) is 0 Å². The molecule has 0 unspecified atom stereocenters. The summed E-state index contributed by atoms with van der Waals surface area (Å²) in [5, 5.41) is 5.04. The Balaban J connectivity index is 1.01. The third kappa shape index (κ3) is 5.46. The summed E-state index contributed by atoms with van der Waals surface area (Å²) < 4.78 is 4.85. The number of para-hydroxylation sites is 2. The van der Waals surface area contributed by atoms with Crippen LogP contribution in [-0.2, 0) is 10.8 Å². The molecule has 0 atom stereocenters. The summed E-state index contributed by atoms with van der Waals surface area (Å²) in [5.41, 5.74) is 18.0. The minimum atomic E-state index is 0.166. The van der Waals surface area contributed by atoms with Gasteiger partial charge in [-0.1, -0.05) is 149 Å². The second-order valence-electron chi connectivity index (χ2n) is 17.7. The third-order valence-corrected chi connectivity index (χ3v) is 13.2. The average molecular weight is 747 g/mol. The normalized spacial score (nSPS) is 14.7. The van der Waals surface area contributed by atoms with Crippen LogP contribution in [0.15, 0.2) is 182 Å². The van der Waals surface area contributed by atoms with Crippen LogP contribution in [0.25, 0.3) is 88.4 Å². The van der Waals surface area contributed by atoms with E-state index < -0.39 is 0 Å². The number of benzene rings is 8. The fourth-order valence-corrected chi connectivity index (χ4v) is 9.89. The standard InChI is InChI=1S/C56H46N2/c1-55(2)31-32-56(3,4)50-36-42(23-28-49(50)55)39-15-12-16-44(33-39)58-52-20-11-9-18-46(52)48-35-41(25-30-54(48)58)40-24-29-53-47(34-40)45-17-8-10-19-51(45)57(53)43-26-21-38(22-27-43)37-13-6-5-7-14-37/h5-30,33-36H,31-32H2,1-4H3. The molecule has 0 radical (unpaired) electrons. The number of nitrogens with zero attached hydrogens (tertiary/aromatic N) is 2. The monoisotopic (exact) mass is 746 g/mol. The Morgan fingerprint density at radius 1 is 0.310 bits per heavy atom. The Bertz CT molecular complexity index is 3210. The van der Waals surface area contributed by atoms with Crippen LogP contribution in [0, 0.1) is 0 Å². The van der Waals surface area contributed by atoms with E-state index in [0.717, 1.165) is 5.69 Å². The van der Waals surface area contributed by atoms with Crippen molar-refractivity contribution in [3.8, 4) is 44.8 Å². The predicted molar refractivity (Wildman–Crippen MR) is 247 cm³/mol. The van der Waals surface area contributed by atoms with E-state index in [2.05, 4.69) is 219 Å². The van der Waals surface area contributed by atoms with Gasteiger partial charge in [-0.25, -0.2) is 0 Å². The molecular formula is C56H46N2. The first-order valence-corrected chi connectivity index (χ1v) is 20.7. The SMILES string of the molecule is CC1(C)CCC(C)(C)c2cc(-c3cccc(-n4c5ccccc5c5cc(-c6ccc7c(c6)c6ccccc6n7-c6ccc(-c7ccccc7)cc6)ccc54)c3)ccc21. The van der Waals surface area contributed by atoms with Crippen LogP contribution >= 0.6 is 0 Å². The van der Waals surface area contributed by atoms with Crippen molar-refractivity contribution in [3.05, 3.63) is 193 Å². The molecule has 1 aliphatic rings. The van der Waals surface area contributed by atoms with E-state index in [4.69, 9.17) is 0 Å². The van der Waals surface area contributed by atoms with E-state index >= 15 is 0 Å². The second kappa shape index (κ2) is 12.9. The smallest absolute Gasteiger partial charge is 0.0541 e. The molecule has 8 aromatic carbocycles. The van der Waals surface area contributed by atoms with Crippen molar-refractivity contribution in [2.75, 3.05) is 0 Å². The first kappa shape index (κ1) is 34.6. The van der Waals surface area contributed by atoms with Crippen LogP contribution < -0.4 is 0 Å². The van der Waals surface area contributed by atoms with Crippen molar-refractivity contribution in [1.29, 1.82) is 0 Å². The molecule has 0 amide bonds. The van der Waals surface area contributed by atoms with E-state index in [9.17, 15) is 0 Å². The maximum Gasteiger partial charge on any atom is 0.0541 e. The average Bonchev–Trinajstić information content (AvgIpc) is 3.78. The molecule has 0 bridgehead atoms. The van der Waals surface area contributed by atoms with Gasteiger partial charge in [-0.2, -0.15) is 0 Å².